The van der Waals surface area contributed by atoms with Crippen molar-refractivity contribution >= 4 is 12.4 Å². The average Bonchev–Trinajstić information content (AvgIpc) is 2.41. The van der Waals surface area contributed by atoms with Gasteiger partial charge in [0.1, 0.15) is 12.1 Å². The van der Waals surface area contributed by atoms with Crippen molar-refractivity contribution in [3.05, 3.63) is 24.3 Å². The van der Waals surface area contributed by atoms with E-state index in [0.717, 1.165) is 12.1 Å². The predicted octanol–water partition coefficient (Wildman–Crippen LogP) is 1.01. The first-order chi connectivity index (χ1) is 4.93. The predicted molar refractivity (Wildman–Crippen MR) is 38.3 cm³/mol. The van der Waals surface area contributed by atoms with Gasteiger partial charge in [-0.15, -0.1) is 0 Å². The smallest absolute Gasteiger partial charge is 0.129 e. The van der Waals surface area contributed by atoms with Gasteiger partial charge in [-0.25, -0.2) is 4.98 Å². The van der Waals surface area contributed by atoms with E-state index in [0.29, 0.717) is 6.42 Å². The SMILES string of the molecule is O=CCC=Cc1ncc[nH]1. The number of imidazole rings is 1. The third-order valence-corrected chi connectivity index (χ3v) is 1.03. The summed E-state index contributed by atoms with van der Waals surface area (Å²) < 4.78 is 0. The van der Waals surface area contributed by atoms with Gasteiger partial charge in [-0.3, -0.25) is 0 Å². The Hall–Kier alpha value is -1.38. The van der Waals surface area contributed by atoms with Gasteiger partial charge in [0.05, 0.1) is 0 Å². The summed E-state index contributed by atoms with van der Waals surface area (Å²) in [7, 11) is 0. The van der Waals surface area contributed by atoms with Gasteiger partial charge in [-0.1, -0.05) is 6.08 Å². The number of allylic oxidation sites excluding steroid dienone is 1. The summed E-state index contributed by atoms with van der Waals surface area (Å²) in [5.74, 6) is 0.779. The molecule has 1 aromatic heterocycles. The van der Waals surface area contributed by atoms with E-state index >= 15 is 0 Å². The number of aromatic amines is 1. The van der Waals surface area contributed by atoms with Crippen molar-refractivity contribution < 1.29 is 4.79 Å². The molecule has 0 amide bonds. The summed E-state index contributed by atoms with van der Waals surface area (Å²) in [6, 6.07) is 0. The summed E-state index contributed by atoms with van der Waals surface area (Å²) in [4.78, 5) is 16.7. The number of carbonyl (C=O) groups excluding carboxylic acids is 1. The molecule has 1 N–H and O–H groups in total. The van der Waals surface area contributed by atoms with E-state index in [1.807, 2.05) is 0 Å². The number of carbonyl (C=O) groups is 1. The maximum absolute atomic E-state index is 9.85. The molecule has 0 spiro atoms. The highest BCUT2D eigenvalue weighted by molar-refractivity contribution is 5.55. The van der Waals surface area contributed by atoms with Gasteiger partial charge in [0, 0.05) is 18.8 Å². The lowest BCUT2D eigenvalue weighted by atomic mass is 10.4. The summed E-state index contributed by atoms with van der Waals surface area (Å²) in [6.45, 7) is 0. The highest BCUT2D eigenvalue weighted by atomic mass is 16.1. The lowest BCUT2D eigenvalue weighted by Crippen LogP contribution is -1.72. The Labute approximate surface area is 58.8 Å². The fourth-order valence-corrected chi connectivity index (χ4v) is 0.604. The van der Waals surface area contributed by atoms with Gasteiger partial charge < -0.3 is 9.78 Å². The number of nitrogens with zero attached hydrogens (tertiary/aromatic N) is 1. The second-order valence-corrected chi connectivity index (χ2v) is 1.78. The van der Waals surface area contributed by atoms with E-state index < -0.39 is 0 Å². The van der Waals surface area contributed by atoms with Crippen LogP contribution in [-0.4, -0.2) is 16.3 Å². The molecule has 0 aliphatic rings. The number of aromatic nitrogens is 2. The Balaban J connectivity index is 2.47. The normalized spacial score (nSPS) is 10.4. The van der Waals surface area contributed by atoms with Crippen LogP contribution in [0.5, 0.6) is 0 Å². The monoisotopic (exact) mass is 136 g/mol. The summed E-state index contributed by atoms with van der Waals surface area (Å²) in [6.07, 6.45) is 8.22. The molecule has 3 heteroatoms. The highest BCUT2D eigenvalue weighted by Gasteiger charge is 1.82. The average molecular weight is 136 g/mol. The molecular weight excluding hydrogens is 128 g/mol. The zero-order valence-corrected chi connectivity index (χ0v) is 5.45. The first-order valence-corrected chi connectivity index (χ1v) is 3.03. The molecule has 1 heterocycles. The molecule has 0 saturated heterocycles. The van der Waals surface area contributed by atoms with Gasteiger partial charge in [-0.2, -0.15) is 0 Å². The van der Waals surface area contributed by atoms with Crippen LogP contribution in [0.3, 0.4) is 0 Å². The van der Waals surface area contributed by atoms with Gasteiger partial charge in [-0.05, 0) is 6.08 Å². The van der Waals surface area contributed by atoms with E-state index in [-0.39, 0.29) is 0 Å². The lowest BCUT2D eigenvalue weighted by molar-refractivity contribution is -0.107. The maximum atomic E-state index is 9.85. The van der Waals surface area contributed by atoms with Crippen molar-refractivity contribution in [1.82, 2.24) is 9.97 Å². The molecule has 0 aliphatic heterocycles. The second-order valence-electron chi connectivity index (χ2n) is 1.78. The largest absolute Gasteiger partial charge is 0.345 e. The Bertz CT molecular complexity index is 214. The third-order valence-electron chi connectivity index (χ3n) is 1.03. The quantitative estimate of drug-likeness (QED) is 0.630. The molecule has 1 rings (SSSR count). The molecule has 0 atom stereocenters. The number of hydrogen-bond acceptors (Lipinski definition) is 2. The van der Waals surface area contributed by atoms with E-state index in [2.05, 4.69) is 9.97 Å². The van der Waals surface area contributed by atoms with Crippen LogP contribution in [0.4, 0.5) is 0 Å². The maximum Gasteiger partial charge on any atom is 0.129 e. The second kappa shape index (κ2) is 3.61. The molecule has 0 fully saturated rings. The van der Waals surface area contributed by atoms with Crippen LogP contribution in [0.25, 0.3) is 6.08 Å². The minimum absolute atomic E-state index is 0.445. The van der Waals surface area contributed by atoms with Crippen LogP contribution in [0, 0.1) is 0 Å². The molecule has 0 aliphatic carbocycles. The Morgan fingerprint density at radius 2 is 2.60 bits per heavy atom. The van der Waals surface area contributed by atoms with Crippen LogP contribution in [0.15, 0.2) is 18.5 Å². The summed E-state index contributed by atoms with van der Waals surface area (Å²) in [5.41, 5.74) is 0. The van der Waals surface area contributed by atoms with Crippen molar-refractivity contribution in [2.24, 2.45) is 0 Å². The fraction of sp³-hybridized carbons (Fsp3) is 0.143. The van der Waals surface area contributed by atoms with Gasteiger partial charge in [0.25, 0.3) is 0 Å². The third kappa shape index (κ3) is 1.85. The summed E-state index contributed by atoms with van der Waals surface area (Å²) in [5, 5.41) is 0. The number of rotatable bonds is 3. The first-order valence-electron chi connectivity index (χ1n) is 3.03. The van der Waals surface area contributed by atoms with Crippen LogP contribution >= 0.6 is 0 Å². The topological polar surface area (TPSA) is 45.8 Å². The van der Waals surface area contributed by atoms with Crippen molar-refractivity contribution in [2.45, 2.75) is 6.42 Å². The van der Waals surface area contributed by atoms with Crippen LogP contribution in [-0.2, 0) is 4.79 Å². The number of nitrogens with one attached hydrogen (secondary N) is 1. The zero-order valence-electron chi connectivity index (χ0n) is 5.45. The minimum Gasteiger partial charge on any atom is -0.345 e. The van der Waals surface area contributed by atoms with E-state index in [9.17, 15) is 4.79 Å². The van der Waals surface area contributed by atoms with E-state index in [4.69, 9.17) is 0 Å². The number of hydrogen-bond donors (Lipinski definition) is 1. The van der Waals surface area contributed by atoms with Crippen LogP contribution < -0.4 is 0 Å². The zero-order chi connectivity index (χ0) is 7.23. The molecule has 3 nitrogen and oxygen atoms in total. The highest BCUT2D eigenvalue weighted by Crippen LogP contribution is 1.91. The molecule has 0 unspecified atom stereocenters. The Morgan fingerprint density at radius 3 is 3.20 bits per heavy atom. The Kier molecular flexibility index (Phi) is 2.43. The van der Waals surface area contributed by atoms with E-state index in [1.165, 1.54) is 0 Å². The standard InChI is InChI=1S/C7H8N2O/c10-6-2-1-3-7-8-4-5-9-7/h1,3-6H,2H2,(H,8,9). The van der Waals surface area contributed by atoms with Crippen LogP contribution in [0.1, 0.15) is 12.2 Å². The lowest BCUT2D eigenvalue weighted by Gasteiger charge is -1.79. The first kappa shape index (κ1) is 6.74. The molecule has 0 bridgehead atoms. The molecule has 1 aromatic rings. The van der Waals surface area contributed by atoms with Gasteiger partial charge >= 0.3 is 0 Å². The van der Waals surface area contributed by atoms with Crippen molar-refractivity contribution in [3.8, 4) is 0 Å². The Morgan fingerprint density at radius 1 is 1.70 bits per heavy atom. The van der Waals surface area contributed by atoms with Crippen molar-refractivity contribution in [3.63, 3.8) is 0 Å². The number of H-pyrrole nitrogens is 1. The minimum atomic E-state index is 0.445. The molecule has 0 saturated carbocycles. The van der Waals surface area contributed by atoms with Gasteiger partial charge in [0.15, 0.2) is 0 Å². The summed E-state index contributed by atoms with van der Waals surface area (Å²) >= 11 is 0. The molecule has 0 aromatic carbocycles. The van der Waals surface area contributed by atoms with Crippen LogP contribution in [0.2, 0.25) is 0 Å². The fourth-order valence-electron chi connectivity index (χ4n) is 0.604. The number of aldehydes is 1. The van der Waals surface area contributed by atoms with Crippen molar-refractivity contribution in [2.75, 3.05) is 0 Å². The van der Waals surface area contributed by atoms with Crippen molar-refractivity contribution in [1.29, 1.82) is 0 Å². The molecule has 0 radical (unpaired) electrons. The molecular formula is C7H8N2O. The molecule has 10 heavy (non-hydrogen) atoms. The van der Waals surface area contributed by atoms with Gasteiger partial charge in [0.2, 0.25) is 0 Å². The molecule has 52 valence electrons. The van der Waals surface area contributed by atoms with E-state index in [1.54, 1.807) is 24.5 Å².